The number of rotatable bonds is 15. The topological polar surface area (TPSA) is 337 Å². The minimum absolute atomic E-state index is 0.342. The van der Waals surface area contributed by atoms with Crippen LogP contribution in [0.2, 0.25) is 0 Å². The van der Waals surface area contributed by atoms with Gasteiger partial charge in [-0.3, -0.25) is 24.9 Å². The van der Waals surface area contributed by atoms with Gasteiger partial charge in [0.1, 0.15) is 49.2 Å². The second kappa shape index (κ2) is 38.4. The largest absolute Gasteiger partial charge is 0.497 e. The molecule has 0 aliphatic rings. The number of nitrogens with two attached hydrogens (primary N) is 3. The van der Waals surface area contributed by atoms with E-state index in [-0.39, 0.29) is 0 Å². The van der Waals surface area contributed by atoms with Crippen molar-refractivity contribution in [3.8, 4) is 54.7 Å². The number of methoxy groups -OCH3 is 4. The maximum Gasteiger partial charge on any atom is 0.407 e. The number of carbonyl (C=O) groups excluding carboxylic acids is 3. The smallest absolute Gasteiger partial charge is 0.407 e. The van der Waals surface area contributed by atoms with Crippen LogP contribution >= 0.6 is 77.2 Å². The average Bonchev–Trinajstić information content (AvgIpc) is 1.68. The molecule has 9 heterocycles. The first kappa shape index (κ1) is 78.8. The van der Waals surface area contributed by atoms with Gasteiger partial charge in [0.05, 0.1) is 74.8 Å². The molecular weight excluding hydrogens is 1520 g/mol. The number of nitrogens with zero attached hydrogens (tertiary/aromatic N) is 9. The van der Waals surface area contributed by atoms with Crippen LogP contribution in [0.4, 0.5) is 14.4 Å². The molecule has 4 aromatic carbocycles. The van der Waals surface area contributed by atoms with Gasteiger partial charge in [0.25, 0.3) is 0 Å². The normalized spacial score (nSPS) is 10.8. The number of pyridine rings is 5. The zero-order valence-corrected chi connectivity index (χ0v) is 64.5. The molecule has 0 saturated carbocycles. The number of carbonyl (C=O) groups is 3. The third-order valence-corrected chi connectivity index (χ3v) is 18.5. The van der Waals surface area contributed by atoms with Gasteiger partial charge < -0.3 is 61.6 Å². The predicted molar refractivity (Wildman–Crippen MR) is 417 cm³/mol. The maximum absolute atomic E-state index is 11.8. The Morgan fingerprint density at radius 1 is 0.417 bits per heavy atom. The van der Waals surface area contributed by atoms with E-state index in [9.17, 15) is 14.4 Å². The lowest BCUT2D eigenvalue weighted by molar-refractivity contribution is 0.0512. The van der Waals surface area contributed by atoms with E-state index in [2.05, 4.69) is 92.7 Å². The van der Waals surface area contributed by atoms with Crippen LogP contribution in [0.3, 0.4) is 0 Å². The van der Waals surface area contributed by atoms with Gasteiger partial charge in [-0.1, -0.05) is 0 Å². The lowest BCUT2D eigenvalue weighted by Gasteiger charge is -2.19. The van der Waals surface area contributed by atoms with Crippen molar-refractivity contribution in [2.75, 3.05) is 28.4 Å². The number of hydrogen-bond donors (Lipinski definition) is 6. The van der Waals surface area contributed by atoms with Gasteiger partial charge >= 0.3 is 18.2 Å². The molecule has 0 saturated heterocycles. The number of alkyl carbamates (subject to hydrolysis) is 2. The molecule has 9 aromatic heterocycles. The summed E-state index contributed by atoms with van der Waals surface area (Å²) in [6, 6.07) is 32.7. The van der Waals surface area contributed by atoms with E-state index in [1.807, 2.05) is 156 Å². The van der Waals surface area contributed by atoms with Gasteiger partial charge in [-0.25, -0.2) is 34.3 Å². The Morgan fingerprint density at radius 3 is 1.09 bits per heavy atom. The summed E-state index contributed by atoms with van der Waals surface area (Å²) in [5.74, 6) is 3.24. The highest BCUT2D eigenvalue weighted by Gasteiger charge is 2.18. The molecule has 4 amide bonds. The van der Waals surface area contributed by atoms with Crippen LogP contribution in [0.1, 0.15) is 69.4 Å². The van der Waals surface area contributed by atoms with Crippen LogP contribution in [0.25, 0.3) is 72.6 Å². The first-order chi connectivity index (χ1) is 49.4. The third kappa shape index (κ3) is 25.5. The van der Waals surface area contributed by atoms with Gasteiger partial charge in [-0.05, 0) is 180 Å². The number of amides is 4. The number of benzene rings is 4. The fourth-order valence-electron chi connectivity index (χ4n) is 8.84. The number of urea groups is 1. The molecule has 13 rings (SSSR count). The Kier molecular flexibility index (Phi) is 29.4. The monoisotopic (exact) mass is 1590 g/mol. The maximum atomic E-state index is 11.8. The van der Waals surface area contributed by atoms with E-state index in [1.54, 1.807) is 130 Å². The van der Waals surface area contributed by atoms with E-state index in [0.717, 1.165) is 128 Å². The zero-order valence-electron chi connectivity index (χ0n) is 58.0. The molecule has 30 heteroatoms. The molecule has 0 unspecified atom stereocenters. The number of fused-ring (bicyclic) bond motifs is 4. The number of hydrogen-bond acceptors (Lipinski definition) is 24. The predicted octanol–water partition coefficient (Wildman–Crippen LogP) is 16.2. The van der Waals surface area contributed by atoms with E-state index in [0.29, 0.717) is 32.7 Å². The first-order valence-electron chi connectivity index (χ1n) is 31.5. The summed E-state index contributed by atoms with van der Waals surface area (Å²) in [5, 5.41) is 10.6. The summed E-state index contributed by atoms with van der Waals surface area (Å²) in [7, 11) is 6.59. The van der Waals surface area contributed by atoms with E-state index in [4.69, 9.17) is 45.6 Å². The van der Waals surface area contributed by atoms with Crippen molar-refractivity contribution in [1.29, 1.82) is 0 Å². The Labute approximate surface area is 628 Å². The fraction of sp³-hybridized carbons (Fsp3) is 0.233. The number of nitrogens with one attached hydrogen (secondary N) is 3. The van der Waals surface area contributed by atoms with Gasteiger partial charge in [0, 0.05) is 145 Å². The molecule has 0 bridgehead atoms. The number of halogens is 2. The fourth-order valence-corrected chi connectivity index (χ4v) is 13.1. The van der Waals surface area contributed by atoms with Crippen molar-refractivity contribution in [3.05, 3.63) is 207 Å². The van der Waals surface area contributed by atoms with Crippen LogP contribution in [0.5, 0.6) is 23.0 Å². The zero-order chi connectivity index (χ0) is 74.1. The Hall–Kier alpha value is -9.92. The van der Waals surface area contributed by atoms with E-state index in [1.165, 1.54) is 4.70 Å². The number of ether oxygens (including phenoxy) is 6. The Balaban J connectivity index is 0.000000161. The minimum atomic E-state index is -0.558. The standard InChI is InChI=1S/C19H21N3O3S.C15H14N4O2S.C14H13N3OS.C11H15BrN2O2.C8H7NOS.C6H7BrN2/c1-19(2,3)25-18(23)21-10-12-7-13(11-20-9-12)17-22-15-8-14(24-4)5-6-16(15)26-17;1-21-11-2-3-13-12(5-11)19-14(22-13)10-4-9(6-17-8-10)7-18-15(16)20;1-18-11-2-3-13-12(5-11)17-14(19-13)10-4-9(6-15)7-16-8-10;1-11(2,3)16-10(15)14-6-8-4-9(12)7-13-5-8;1-10-6-2-3-8-7(4-6)9-5-11-8;7-6-1-5(2-8)3-9-4-6/h5-9,11H,10H2,1-4H3,(H,21,23);2-6,8H,7H2,1H3,(H3,16,18,20);2-5,7-8H,6,15H2,1H3;4-5,7H,6H2,1-3H3,(H,14,15);2-5H,1H3;1,3-4H,2,8H2. The van der Waals surface area contributed by atoms with Gasteiger partial charge in [-0.2, -0.15) is 0 Å². The number of thiazole rings is 4. The second-order valence-electron chi connectivity index (χ2n) is 23.8. The molecule has 536 valence electrons. The summed E-state index contributed by atoms with van der Waals surface area (Å²) in [5.41, 5.74) is 28.2. The quantitative estimate of drug-likeness (QED) is 0.0555. The van der Waals surface area contributed by atoms with Crippen molar-refractivity contribution in [1.82, 2.24) is 60.8 Å². The average molecular weight is 1600 g/mol. The highest BCUT2D eigenvalue weighted by Crippen LogP contribution is 2.35. The van der Waals surface area contributed by atoms with Gasteiger partial charge in [0.2, 0.25) is 0 Å². The van der Waals surface area contributed by atoms with Crippen molar-refractivity contribution < 1.29 is 42.8 Å². The summed E-state index contributed by atoms with van der Waals surface area (Å²) in [6.07, 6.45) is 16.5. The molecular formula is C73H77Br2N15O9S4. The van der Waals surface area contributed by atoms with E-state index < -0.39 is 29.4 Å². The summed E-state index contributed by atoms with van der Waals surface area (Å²) in [6.45, 7) is 13.1. The highest BCUT2D eigenvalue weighted by molar-refractivity contribution is 9.10. The van der Waals surface area contributed by atoms with Crippen molar-refractivity contribution >= 4 is 136 Å². The van der Waals surface area contributed by atoms with Gasteiger partial charge in [-0.15, -0.1) is 45.3 Å². The molecule has 24 nitrogen and oxygen atoms in total. The van der Waals surface area contributed by atoms with Crippen molar-refractivity contribution in [3.63, 3.8) is 0 Å². The third-order valence-electron chi connectivity index (χ3n) is 13.6. The molecule has 0 fully saturated rings. The van der Waals surface area contributed by atoms with Crippen molar-refractivity contribution in [2.24, 2.45) is 17.2 Å². The van der Waals surface area contributed by atoms with Crippen molar-refractivity contribution in [2.45, 2.75) is 85.5 Å². The van der Waals surface area contributed by atoms with Crippen LogP contribution in [-0.2, 0) is 42.2 Å². The molecule has 0 spiro atoms. The van der Waals surface area contributed by atoms with Crippen LogP contribution in [-0.4, -0.2) is 103 Å². The van der Waals surface area contributed by atoms with Crippen LogP contribution in [0, 0.1) is 0 Å². The lowest BCUT2D eigenvalue weighted by atomic mass is 10.2. The molecule has 13 aromatic rings. The molecule has 9 N–H and O–H groups in total. The molecule has 103 heavy (non-hydrogen) atoms. The SMILES string of the molecule is CC(C)(C)OC(=O)NCc1cncc(Br)c1.COc1ccc2sc(-c3cncc(CN)c3)nc2c1.COc1ccc2sc(-c3cncc(CNC(=O)OC(C)(C)C)c3)nc2c1.COc1ccc2sc(-c3cncc(CNC(N)=O)c3)nc2c1.COc1ccc2scnc2c1.NCc1cncc(Br)c1. The number of aromatic nitrogens is 9. The highest BCUT2D eigenvalue weighted by atomic mass is 79.9. The molecule has 0 aliphatic heterocycles. The lowest BCUT2D eigenvalue weighted by Crippen LogP contribution is -2.32. The Bertz CT molecular complexity index is 4950. The van der Waals surface area contributed by atoms with E-state index >= 15 is 0 Å². The second-order valence-corrected chi connectivity index (χ2v) is 29.7. The summed E-state index contributed by atoms with van der Waals surface area (Å²) in [4.78, 5) is 72.6. The van der Waals surface area contributed by atoms with Crippen LogP contribution < -0.4 is 52.1 Å². The van der Waals surface area contributed by atoms with Crippen LogP contribution in [0.15, 0.2) is 180 Å². The number of primary amides is 1. The summed E-state index contributed by atoms with van der Waals surface area (Å²) >= 11 is 13.1. The first-order valence-corrected chi connectivity index (χ1v) is 36.4. The Morgan fingerprint density at radius 2 is 0.738 bits per heavy atom. The molecule has 0 aliphatic carbocycles. The summed E-state index contributed by atoms with van der Waals surface area (Å²) < 4.78 is 37.4. The molecule has 0 atom stereocenters. The minimum Gasteiger partial charge on any atom is -0.497 e. The molecule has 0 radical (unpaired) electrons. The van der Waals surface area contributed by atoms with Gasteiger partial charge in [0.15, 0.2) is 0 Å².